The highest BCUT2D eigenvalue weighted by atomic mass is 19.3. The van der Waals surface area contributed by atoms with E-state index in [1.54, 1.807) is 29.2 Å². The summed E-state index contributed by atoms with van der Waals surface area (Å²) in [6, 6.07) is 9.56. The fourth-order valence-corrected chi connectivity index (χ4v) is 4.00. The van der Waals surface area contributed by atoms with E-state index in [0.29, 0.717) is 56.2 Å². The molecule has 4 rings (SSSR count). The van der Waals surface area contributed by atoms with Gasteiger partial charge in [-0.2, -0.15) is 8.78 Å². The second kappa shape index (κ2) is 9.42. The maximum atomic E-state index is 13.0. The summed E-state index contributed by atoms with van der Waals surface area (Å²) >= 11 is 0. The van der Waals surface area contributed by atoms with Gasteiger partial charge in [0.05, 0.1) is 12.7 Å². The molecule has 0 unspecified atom stereocenters. The number of piperidine rings is 1. The van der Waals surface area contributed by atoms with Crippen molar-refractivity contribution in [1.82, 2.24) is 4.90 Å². The summed E-state index contributed by atoms with van der Waals surface area (Å²) in [4.78, 5) is 27.5. The SMILES string of the molecule is COc1cccc(C(=O)N2CCC(C(=O)c3ccc4c(c3)OCCO4)CC2)c1OC(F)F. The number of alkyl halides is 2. The smallest absolute Gasteiger partial charge is 0.387 e. The molecule has 7 nitrogen and oxygen atoms in total. The van der Waals surface area contributed by atoms with E-state index in [9.17, 15) is 18.4 Å². The summed E-state index contributed by atoms with van der Waals surface area (Å²) in [7, 11) is 1.32. The predicted octanol–water partition coefficient (Wildman–Crippen LogP) is 3.80. The van der Waals surface area contributed by atoms with Crippen LogP contribution in [0.1, 0.15) is 33.6 Å². The second-order valence-electron chi connectivity index (χ2n) is 7.50. The van der Waals surface area contributed by atoms with Gasteiger partial charge in [0.1, 0.15) is 13.2 Å². The summed E-state index contributed by atoms with van der Waals surface area (Å²) in [5.74, 6) is 0.239. The number of halogens is 2. The minimum Gasteiger partial charge on any atom is -0.493 e. The minimum absolute atomic E-state index is 0.00117. The van der Waals surface area contributed by atoms with E-state index in [-0.39, 0.29) is 28.8 Å². The number of benzene rings is 2. The molecule has 2 heterocycles. The van der Waals surface area contributed by atoms with Gasteiger partial charge in [0, 0.05) is 24.6 Å². The van der Waals surface area contributed by atoms with Gasteiger partial charge in [-0.3, -0.25) is 9.59 Å². The molecule has 2 aromatic carbocycles. The number of ether oxygens (including phenoxy) is 4. The van der Waals surface area contributed by atoms with Gasteiger partial charge < -0.3 is 23.8 Å². The Balaban J connectivity index is 1.44. The van der Waals surface area contributed by atoms with Gasteiger partial charge in [-0.05, 0) is 43.2 Å². The summed E-state index contributed by atoms with van der Waals surface area (Å²) < 4.78 is 46.4. The van der Waals surface area contributed by atoms with Gasteiger partial charge in [-0.15, -0.1) is 0 Å². The molecule has 2 aliphatic heterocycles. The second-order valence-corrected chi connectivity index (χ2v) is 7.50. The lowest BCUT2D eigenvalue weighted by Gasteiger charge is -2.32. The molecular weight excluding hydrogens is 424 g/mol. The normalized spacial score (nSPS) is 16.1. The fourth-order valence-electron chi connectivity index (χ4n) is 4.00. The first-order valence-corrected chi connectivity index (χ1v) is 10.3. The van der Waals surface area contributed by atoms with Crippen molar-refractivity contribution in [2.75, 3.05) is 33.4 Å². The van der Waals surface area contributed by atoms with Crippen molar-refractivity contribution >= 4 is 11.7 Å². The number of para-hydroxylation sites is 1. The van der Waals surface area contributed by atoms with Crippen molar-refractivity contribution < 1.29 is 37.3 Å². The minimum atomic E-state index is -3.09. The van der Waals surface area contributed by atoms with Crippen molar-refractivity contribution in [2.24, 2.45) is 5.92 Å². The van der Waals surface area contributed by atoms with E-state index in [2.05, 4.69) is 4.74 Å². The number of rotatable bonds is 6. The Hall–Kier alpha value is -3.36. The number of hydrogen-bond donors (Lipinski definition) is 0. The molecule has 0 atom stereocenters. The van der Waals surface area contributed by atoms with Gasteiger partial charge in [-0.25, -0.2) is 0 Å². The number of nitrogens with zero attached hydrogens (tertiary/aromatic N) is 1. The maximum absolute atomic E-state index is 13.0. The van der Waals surface area contributed by atoms with Crippen LogP contribution in [0.2, 0.25) is 0 Å². The lowest BCUT2D eigenvalue weighted by atomic mass is 9.88. The molecule has 0 bridgehead atoms. The molecule has 0 aromatic heterocycles. The highest BCUT2D eigenvalue weighted by Gasteiger charge is 2.31. The van der Waals surface area contributed by atoms with Gasteiger partial charge in [0.25, 0.3) is 5.91 Å². The maximum Gasteiger partial charge on any atom is 0.387 e. The third-order valence-corrected chi connectivity index (χ3v) is 5.62. The molecule has 1 fully saturated rings. The molecule has 9 heteroatoms. The quantitative estimate of drug-likeness (QED) is 0.627. The topological polar surface area (TPSA) is 74.3 Å². The van der Waals surface area contributed by atoms with Crippen LogP contribution in [0.5, 0.6) is 23.0 Å². The van der Waals surface area contributed by atoms with Crippen LogP contribution < -0.4 is 18.9 Å². The van der Waals surface area contributed by atoms with Crippen molar-refractivity contribution in [3.05, 3.63) is 47.5 Å². The lowest BCUT2D eigenvalue weighted by Crippen LogP contribution is -2.40. The monoisotopic (exact) mass is 447 g/mol. The number of carbonyl (C=O) groups is 2. The number of Topliss-reactive ketones (excluding diaryl/α,β-unsaturated/α-hetero) is 1. The van der Waals surface area contributed by atoms with Crippen LogP contribution >= 0.6 is 0 Å². The molecule has 170 valence electrons. The van der Waals surface area contributed by atoms with E-state index >= 15 is 0 Å². The number of hydrogen-bond acceptors (Lipinski definition) is 6. The van der Waals surface area contributed by atoms with Crippen LogP contribution in [0.3, 0.4) is 0 Å². The molecule has 2 aliphatic rings. The summed E-state index contributed by atoms with van der Waals surface area (Å²) in [6.45, 7) is -1.53. The van der Waals surface area contributed by atoms with Crippen molar-refractivity contribution in [3.63, 3.8) is 0 Å². The van der Waals surface area contributed by atoms with Crippen LogP contribution in [0.15, 0.2) is 36.4 Å². The summed E-state index contributed by atoms with van der Waals surface area (Å²) in [5, 5.41) is 0. The van der Waals surface area contributed by atoms with Crippen LogP contribution in [0.4, 0.5) is 8.78 Å². The largest absolute Gasteiger partial charge is 0.493 e. The molecule has 0 saturated carbocycles. The first kappa shape index (κ1) is 21.9. The molecule has 0 radical (unpaired) electrons. The first-order valence-electron chi connectivity index (χ1n) is 10.3. The number of ketones is 1. The van der Waals surface area contributed by atoms with Gasteiger partial charge in [-0.1, -0.05) is 6.07 Å². The van der Waals surface area contributed by atoms with E-state index in [1.807, 2.05) is 0 Å². The average Bonchev–Trinajstić information content (AvgIpc) is 2.82. The molecule has 0 aliphatic carbocycles. The Morgan fingerprint density at radius 2 is 1.78 bits per heavy atom. The first-order chi connectivity index (χ1) is 15.5. The van der Waals surface area contributed by atoms with Crippen LogP contribution in [0.25, 0.3) is 0 Å². The van der Waals surface area contributed by atoms with E-state index < -0.39 is 12.5 Å². The molecule has 32 heavy (non-hydrogen) atoms. The van der Waals surface area contributed by atoms with Crippen LogP contribution in [0, 0.1) is 5.92 Å². The zero-order valence-electron chi connectivity index (χ0n) is 17.5. The number of fused-ring (bicyclic) bond motifs is 1. The van der Waals surface area contributed by atoms with Crippen LogP contribution in [-0.4, -0.2) is 56.6 Å². The number of amides is 1. The number of likely N-dealkylation sites (tertiary alicyclic amines) is 1. The molecule has 1 saturated heterocycles. The molecule has 0 spiro atoms. The molecule has 2 aromatic rings. The third kappa shape index (κ3) is 4.46. The Morgan fingerprint density at radius 1 is 1.06 bits per heavy atom. The van der Waals surface area contributed by atoms with Gasteiger partial charge >= 0.3 is 6.61 Å². The number of carbonyl (C=O) groups excluding carboxylic acids is 2. The summed E-state index contributed by atoms with van der Waals surface area (Å²) in [5.41, 5.74) is 0.542. The van der Waals surface area contributed by atoms with Gasteiger partial charge in [0.15, 0.2) is 28.8 Å². The highest BCUT2D eigenvalue weighted by Crippen LogP contribution is 2.35. The zero-order valence-corrected chi connectivity index (χ0v) is 17.5. The van der Waals surface area contributed by atoms with Crippen molar-refractivity contribution in [2.45, 2.75) is 19.5 Å². The fraction of sp³-hybridized carbons (Fsp3) is 0.391. The molecular formula is C23H23F2NO6. The summed E-state index contributed by atoms with van der Waals surface area (Å²) in [6.07, 6.45) is 0.933. The van der Waals surface area contributed by atoms with Crippen LogP contribution in [-0.2, 0) is 0 Å². The Bertz CT molecular complexity index is 1000. The lowest BCUT2D eigenvalue weighted by molar-refractivity contribution is -0.0517. The van der Waals surface area contributed by atoms with E-state index in [0.717, 1.165) is 0 Å². The van der Waals surface area contributed by atoms with Gasteiger partial charge in [0.2, 0.25) is 0 Å². The zero-order chi connectivity index (χ0) is 22.7. The Morgan fingerprint density at radius 3 is 2.47 bits per heavy atom. The predicted molar refractivity (Wildman–Crippen MR) is 110 cm³/mol. The number of methoxy groups -OCH3 is 1. The molecule has 0 N–H and O–H groups in total. The average molecular weight is 447 g/mol. The highest BCUT2D eigenvalue weighted by molar-refractivity contribution is 6.00. The Kier molecular flexibility index (Phi) is 6.43. The third-order valence-electron chi connectivity index (χ3n) is 5.62. The van der Waals surface area contributed by atoms with E-state index in [4.69, 9.17) is 14.2 Å². The molecule has 1 amide bonds. The van der Waals surface area contributed by atoms with Crippen molar-refractivity contribution in [3.8, 4) is 23.0 Å². The standard InChI is InChI=1S/C23H23F2NO6/c1-29-18-4-2-3-16(21(18)32-23(24)25)22(28)26-9-7-14(8-10-26)20(27)15-5-6-17-19(13-15)31-12-11-30-17/h2-6,13-14,23H,7-12H2,1H3. The Labute approximate surface area is 183 Å². The van der Waals surface area contributed by atoms with Crippen molar-refractivity contribution in [1.29, 1.82) is 0 Å². The van der Waals surface area contributed by atoms with E-state index in [1.165, 1.54) is 19.2 Å².